The molecule has 6 N–H and O–H groups in total. The Bertz CT molecular complexity index is 321. The van der Waals surface area contributed by atoms with Gasteiger partial charge in [-0.1, -0.05) is 98.5 Å². The zero-order valence-electron chi connectivity index (χ0n) is 18.5. The second-order valence-electron chi connectivity index (χ2n) is 5.99. The molecule has 0 unspecified atom stereocenters. The van der Waals surface area contributed by atoms with Crippen LogP contribution >= 0.6 is 13.4 Å². The standard InChI is InChI=1S/C12H24.2C3H8.2H3O3PS/c1-3-5-7-9-11-12-10-8-6-4-2;2*1-3-2;2*1-4(2,3)5/h3H,1,4-12H2,2H3;2*3H2,1-2H3;2*(H3,1,2,3,5). The molecule has 0 radical (unpaired) electrons. The summed E-state index contributed by atoms with van der Waals surface area (Å²) in [4.78, 5) is 45.3. The molecule has 0 aromatic rings. The van der Waals surface area contributed by atoms with E-state index in [9.17, 15) is 0 Å². The Morgan fingerprint density at radius 3 is 1.04 bits per heavy atom. The molecule has 0 heterocycles. The molecule has 0 amide bonds. The van der Waals surface area contributed by atoms with Gasteiger partial charge in [-0.3, -0.25) is 0 Å². The number of hydrogen-bond acceptors (Lipinski definition) is 2. The highest BCUT2D eigenvalue weighted by Gasteiger charge is 1.92. The number of unbranched alkanes of at least 4 members (excludes halogenated alkanes) is 8. The first-order valence-electron chi connectivity index (χ1n) is 9.92. The van der Waals surface area contributed by atoms with Crippen LogP contribution in [-0.4, -0.2) is 29.4 Å². The summed E-state index contributed by atoms with van der Waals surface area (Å²) in [5.41, 5.74) is 0. The highest BCUT2D eigenvalue weighted by molar-refractivity contribution is 8.06. The zero-order chi connectivity index (χ0) is 23.5. The van der Waals surface area contributed by atoms with Gasteiger partial charge in [0.05, 0.1) is 0 Å². The fourth-order valence-corrected chi connectivity index (χ4v) is 1.42. The summed E-state index contributed by atoms with van der Waals surface area (Å²) in [5.74, 6) is 0. The van der Waals surface area contributed by atoms with Crippen LogP contribution in [0.1, 0.15) is 105 Å². The highest BCUT2D eigenvalue weighted by Crippen LogP contribution is 2.26. The van der Waals surface area contributed by atoms with Crippen molar-refractivity contribution in [2.45, 2.75) is 105 Å². The largest absolute Gasteiger partial charge is 0.325 e. The van der Waals surface area contributed by atoms with Gasteiger partial charge < -0.3 is 29.4 Å². The van der Waals surface area contributed by atoms with E-state index in [2.05, 4.69) is 64.8 Å². The molecule has 0 aliphatic carbocycles. The van der Waals surface area contributed by atoms with Gasteiger partial charge in [0.25, 0.3) is 0 Å². The van der Waals surface area contributed by atoms with E-state index in [0.717, 1.165) is 0 Å². The van der Waals surface area contributed by atoms with E-state index < -0.39 is 13.4 Å². The van der Waals surface area contributed by atoms with E-state index >= 15 is 0 Å². The second kappa shape index (κ2) is 32.5. The molecule has 0 aromatic heterocycles. The molecule has 0 bridgehead atoms. The first-order valence-corrected chi connectivity index (χ1v) is 15.2. The Balaban J connectivity index is -0.0000000916. The predicted octanol–water partition coefficient (Wildman–Crippen LogP) is 5.91. The zero-order valence-corrected chi connectivity index (χ0v) is 21.9. The van der Waals surface area contributed by atoms with E-state index in [1.807, 2.05) is 6.08 Å². The smallest absolute Gasteiger partial charge is 0.319 e. The Morgan fingerprint density at radius 1 is 0.607 bits per heavy atom. The molecule has 0 fully saturated rings. The quantitative estimate of drug-likeness (QED) is 0.136. The first kappa shape index (κ1) is 39.3. The van der Waals surface area contributed by atoms with Crippen molar-refractivity contribution in [1.29, 1.82) is 0 Å². The minimum atomic E-state index is -3.81. The van der Waals surface area contributed by atoms with E-state index in [4.69, 9.17) is 29.4 Å². The minimum Gasteiger partial charge on any atom is -0.325 e. The predicted molar refractivity (Wildman–Crippen MR) is 131 cm³/mol. The Hall–Kier alpha value is 0.800. The van der Waals surface area contributed by atoms with Crippen LogP contribution in [0.3, 0.4) is 0 Å². The molecule has 0 spiro atoms. The maximum atomic E-state index is 7.56. The van der Waals surface area contributed by atoms with Crippen LogP contribution in [-0.2, 0) is 23.6 Å². The minimum absolute atomic E-state index is 1.20. The third-order valence-electron chi connectivity index (χ3n) is 2.26. The van der Waals surface area contributed by atoms with Gasteiger partial charge in [-0.05, 0) is 36.5 Å². The molecule has 0 aromatic carbocycles. The van der Waals surface area contributed by atoms with Crippen molar-refractivity contribution < 1.29 is 29.4 Å². The van der Waals surface area contributed by atoms with Crippen LogP contribution in [0.15, 0.2) is 12.7 Å². The van der Waals surface area contributed by atoms with Crippen LogP contribution in [0.5, 0.6) is 0 Å². The molecular formula is C18H46O6P2S2. The van der Waals surface area contributed by atoms with Crippen LogP contribution in [0.2, 0.25) is 0 Å². The Labute approximate surface area is 184 Å². The van der Waals surface area contributed by atoms with Crippen molar-refractivity contribution in [2.75, 3.05) is 0 Å². The molecule has 176 valence electrons. The summed E-state index contributed by atoms with van der Waals surface area (Å²) in [6.07, 6.45) is 17.0. The van der Waals surface area contributed by atoms with Gasteiger partial charge in [-0.15, -0.1) is 6.58 Å². The third-order valence-corrected chi connectivity index (χ3v) is 2.26. The summed E-state index contributed by atoms with van der Waals surface area (Å²) >= 11 is 7.21. The third kappa shape index (κ3) is 186. The number of hydrogen-bond donors (Lipinski definition) is 6. The van der Waals surface area contributed by atoms with Gasteiger partial charge >= 0.3 is 13.4 Å². The topological polar surface area (TPSA) is 121 Å². The summed E-state index contributed by atoms with van der Waals surface area (Å²) in [7, 11) is 0. The summed E-state index contributed by atoms with van der Waals surface area (Å²) < 4.78 is 0. The van der Waals surface area contributed by atoms with E-state index in [0.29, 0.717) is 0 Å². The van der Waals surface area contributed by atoms with E-state index in [1.165, 1.54) is 70.6 Å². The molecule has 0 rings (SSSR count). The normalized spacial score (nSPS) is 9.82. The molecule has 28 heavy (non-hydrogen) atoms. The van der Waals surface area contributed by atoms with Crippen LogP contribution < -0.4 is 0 Å². The average molecular weight is 485 g/mol. The van der Waals surface area contributed by atoms with Crippen molar-refractivity contribution in [3.8, 4) is 0 Å². The number of rotatable bonds is 9. The van der Waals surface area contributed by atoms with Crippen LogP contribution in [0, 0.1) is 0 Å². The molecule has 0 aliphatic heterocycles. The van der Waals surface area contributed by atoms with Gasteiger partial charge in [-0.2, -0.15) is 0 Å². The molecule has 0 saturated heterocycles. The fraction of sp³-hybridized carbons (Fsp3) is 0.889. The van der Waals surface area contributed by atoms with Gasteiger partial charge in [0, 0.05) is 0 Å². The lowest BCUT2D eigenvalue weighted by Crippen LogP contribution is -1.79. The molecule has 0 aliphatic rings. The average Bonchev–Trinajstić information content (AvgIpc) is 2.48. The Morgan fingerprint density at radius 2 is 0.821 bits per heavy atom. The van der Waals surface area contributed by atoms with Crippen molar-refractivity contribution in [3.63, 3.8) is 0 Å². The van der Waals surface area contributed by atoms with Crippen molar-refractivity contribution in [3.05, 3.63) is 12.7 Å². The van der Waals surface area contributed by atoms with Crippen molar-refractivity contribution >= 4 is 37.1 Å². The fourth-order valence-electron chi connectivity index (χ4n) is 1.42. The van der Waals surface area contributed by atoms with Gasteiger partial charge in [0.15, 0.2) is 0 Å². The second-order valence-corrected chi connectivity index (χ2v) is 11.0. The van der Waals surface area contributed by atoms with Gasteiger partial charge in [-0.25, -0.2) is 0 Å². The lowest BCUT2D eigenvalue weighted by atomic mass is 10.1. The highest BCUT2D eigenvalue weighted by atomic mass is 32.5. The molecule has 10 heteroatoms. The summed E-state index contributed by atoms with van der Waals surface area (Å²) in [6, 6.07) is 0. The maximum Gasteiger partial charge on any atom is 0.319 e. The molecule has 6 nitrogen and oxygen atoms in total. The van der Waals surface area contributed by atoms with Gasteiger partial charge in [0.1, 0.15) is 0 Å². The van der Waals surface area contributed by atoms with Crippen molar-refractivity contribution in [1.82, 2.24) is 0 Å². The lowest BCUT2D eigenvalue weighted by molar-refractivity contribution is 0.361. The maximum absolute atomic E-state index is 7.56. The monoisotopic (exact) mass is 484 g/mol. The Kier molecular flexibility index (Phi) is 45.6. The van der Waals surface area contributed by atoms with Crippen LogP contribution in [0.25, 0.3) is 0 Å². The molecule has 0 saturated carbocycles. The summed E-state index contributed by atoms with van der Waals surface area (Å²) in [6.45, 7) is 6.88. The SMILES string of the molecule is C=CCCCCCCCCCC.CCC.CCC.OP(O)(O)=S.OP(O)(O)=S. The lowest BCUT2D eigenvalue weighted by Gasteiger charge is -1.99. The molecular weight excluding hydrogens is 438 g/mol. The number of allylic oxidation sites excluding steroid dienone is 1. The summed E-state index contributed by atoms with van der Waals surface area (Å²) in [5, 5.41) is 0. The van der Waals surface area contributed by atoms with Crippen molar-refractivity contribution in [2.24, 2.45) is 0 Å². The first-order chi connectivity index (χ1) is 12.7. The van der Waals surface area contributed by atoms with E-state index in [-0.39, 0.29) is 0 Å². The van der Waals surface area contributed by atoms with Gasteiger partial charge in [0.2, 0.25) is 0 Å². The van der Waals surface area contributed by atoms with Crippen LogP contribution in [0.4, 0.5) is 0 Å². The molecule has 0 atom stereocenters. The van der Waals surface area contributed by atoms with E-state index in [1.54, 1.807) is 0 Å².